The maximum atomic E-state index is 5.36. The Morgan fingerprint density at radius 2 is 0.873 bits per heavy atom. The van der Waals surface area contributed by atoms with Gasteiger partial charge in [-0.1, -0.05) is 114 Å². The third-order valence-electron chi connectivity index (χ3n) is 10.5. The Bertz CT molecular complexity index is 3170. The molecule has 11 aromatic rings. The predicted molar refractivity (Wildman–Crippen MR) is 228 cm³/mol. The van der Waals surface area contributed by atoms with Crippen molar-refractivity contribution >= 4 is 54.9 Å². The topological polar surface area (TPSA) is 48.5 Å². The first-order chi connectivity index (χ1) is 27.3. The number of fused-ring (bicyclic) bond motifs is 6. The number of pyridine rings is 2. The Hall–Kier alpha value is -7.15. The summed E-state index contributed by atoms with van der Waals surface area (Å²) in [6.45, 7) is 0. The van der Waals surface area contributed by atoms with Crippen molar-refractivity contribution in [3.05, 3.63) is 188 Å². The summed E-state index contributed by atoms with van der Waals surface area (Å²) in [5.74, 6) is 0. The zero-order valence-electron chi connectivity index (χ0n) is 29.5. The van der Waals surface area contributed by atoms with Crippen LogP contribution in [0.25, 0.3) is 98.6 Å². The second-order valence-electron chi connectivity index (χ2n) is 13.7. The minimum absolute atomic E-state index is 0.945. The summed E-state index contributed by atoms with van der Waals surface area (Å²) < 4.78 is 4.83. The van der Waals surface area contributed by atoms with Crippen LogP contribution in [0.3, 0.4) is 0 Å². The van der Waals surface area contributed by atoms with Gasteiger partial charge in [0.05, 0.1) is 33.5 Å². The van der Waals surface area contributed by atoms with Crippen LogP contribution in [-0.4, -0.2) is 24.1 Å². The van der Waals surface area contributed by atoms with Gasteiger partial charge >= 0.3 is 0 Å². The van der Waals surface area contributed by atoms with Gasteiger partial charge in [-0.3, -0.25) is 14.5 Å². The highest BCUT2D eigenvalue weighted by molar-refractivity contribution is 7.18. The summed E-state index contributed by atoms with van der Waals surface area (Å²) in [5, 5.41) is 6.73. The van der Waals surface area contributed by atoms with E-state index in [1.807, 2.05) is 36.7 Å². The first-order valence-electron chi connectivity index (χ1n) is 18.4. The van der Waals surface area contributed by atoms with Crippen molar-refractivity contribution in [1.29, 1.82) is 0 Å². The van der Waals surface area contributed by atoms with Crippen LogP contribution in [0, 0.1) is 0 Å². The van der Waals surface area contributed by atoms with E-state index in [2.05, 4.69) is 161 Å². The van der Waals surface area contributed by atoms with Gasteiger partial charge < -0.3 is 4.57 Å². The third kappa shape index (κ3) is 5.18. The number of thiazole rings is 1. The number of hydrogen-bond donors (Lipinski definition) is 0. The molecule has 0 aliphatic rings. The Balaban J connectivity index is 1.28. The van der Waals surface area contributed by atoms with Crippen LogP contribution in [-0.2, 0) is 0 Å². The van der Waals surface area contributed by atoms with Crippen molar-refractivity contribution in [3.63, 3.8) is 0 Å². The monoisotopic (exact) mass is 721 g/mol. The summed E-state index contributed by atoms with van der Waals surface area (Å²) in [4.78, 5) is 14.8. The van der Waals surface area contributed by atoms with E-state index in [1.165, 1.54) is 16.2 Å². The Kier molecular flexibility index (Phi) is 7.28. The zero-order chi connectivity index (χ0) is 36.3. The van der Waals surface area contributed by atoms with Gasteiger partial charge in [0.2, 0.25) is 0 Å². The number of para-hydroxylation sites is 1. The average Bonchev–Trinajstić information content (AvgIpc) is 3.94. The molecule has 0 atom stereocenters. The molecule has 5 heterocycles. The second-order valence-corrected chi connectivity index (χ2v) is 14.7. The highest BCUT2D eigenvalue weighted by atomic mass is 32.1. The van der Waals surface area contributed by atoms with Crippen molar-refractivity contribution < 1.29 is 0 Å². The smallest absolute Gasteiger partial charge is 0.129 e. The molecular formula is C49H31N5S. The van der Waals surface area contributed by atoms with Crippen molar-refractivity contribution in [3.8, 4) is 55.0 Å². The molecule has 0 aliphatic heterocycles. The molecule has 5 nitrogen and oxygen atoms in total. The first kappa shape index (κ1) is 31.4. The van der Waals surface area contributed by atoms with Gasteiger partial charge in [-0.15, -0.1) is 0 Å². The van der Waals surface area contributed by atoms with Gasteiger partial charge in [-0.05, 0) is 72.8 Å². The minimum atomic E-state index is 0.945. The molecule has 0 radical (unpaired) electrons. The third-order valence-corrected chi connectivity index (χ3v) is 11.6. The number of hydrogen-bond acceptors (Lipinski definition) is 4. The van der Waals surface area contributed by atoms with Gasteiger partial charge in [0.25, 0.3) is 0 Å². The standard InChI is InChI=1S/C49H31N5S/c1-4-14-32(15-5-1)47-49(55-48(52-47)33-16-6-2-7-17-33)54-44-25-23-35(42-21-11-13-27-51-42)29-38(44)40-30-45-39(31-46(40)54)37-28-34(41-20-10-12-26-50-41)22-24-43(37)53(45)36-18-8-3-9-19-36/h1-31H. The summed E-state index contributed by atoms with van der Waals surface area (Å²) in [7, 11) is 0. The van der Waals surface area contributed by atoms with Crippen LogP contribution < -0.4 is 0 Å². The van der Waals surface area contributed by atoms with E-state index in [4.69, 9.17) is 15.0 Å². The van der Waals surface area contributed by atoms with E-state index in [0.717, 1.165) is 82.5 Å². The molecule has 0 spiro atoms. The van der Waals surface area contributed by atoms with E-state index in [-0.39, 0.29) is 0 Å². The molecule has 11 rings (SSSR count). The number of nitrogens with zero attached hydrogens (tertiary/aromatic N) is 5. The van der Waals surface area contributed by atoms with E-state index >= 15 is 0 Å². The molecule has 6 heteroatoms. The zero-order valence-corrected chi connectivity index (χ0v) is 30.4. The van der Waals surface area contributed by atoms with Gasteiger partial charge in [-0.25, -0.2) is 4.98 Å². The Labute approximate surface area is 321 Å². The summed E-state index contributed by atoms with van der Waals surface area (Å²) in [5.41, 5.74) is 12.9. The molecule has 0 aliphatic carbocycles. The number of rotatable bonds is 6. The van der Waals surface area contributed by atoms with Crippen LogP contribution >= 0.6 is 11.3 Å². The minimum Gasteiger partial charge on any atom is -0.309 e. The molecule has 0 unspecified atom stereocenters. The predicted octanol–water partition coefficient (Wildman–Crippen LogP) is 12.8. The molecule has 0 fully saturated rings. The van der Waals surface area contributed by atoms with Crippen molar-refractivity contribution in [2.45, 2.75) is 0 Å². The molecule has 0 amide bonds. The maximum Gasteiger partial charge on any atom is 0.129 e. The van der Waals surface area contributed by atoms with Crippen LogP contribution in [0.15, 0.2) is 188 Å². The molecule has 55 heavy (non-hydrogen) atoms. The molecule has 0 saturated heterocycles. The lowest BCUT2D eigenvalue weighted by atomic mass is 10.0. The average molecular weight is 722 g/mol. The quantitative estimate of drug-likeness (QED) is 0.172. The van der Waals surface area contributed by atoms with Crippen LogP contribution in [0.1, 0.15) is 0 Å². The van der Waals surface area contributed by atoms with E-state index in [1.54, 1.807) is 11.3 Å². The largest absolute Gasteiger partial charge is 0.309 e. The molecule has 6 aromatic carbocycles. The molecule has 0 saturated carbocycles. The van der Waals surface area contributed by atoms with Gasteiger partial charge in [0.1, 0.15) is 15.7 Å². The van der Waals surface area contributed by atoms with E-state index in [9.17, 15) is 0 Å². The van der Waals surface area contributed by atoms with E-state index in [0.29, 0.717) is 0 Å². The second kappa shape index (κ2) is 12.8. The van der Waals surface area contributed by atoms with Crippen LogP contribution in [0.5, 0.6) is 0 Å². The Morgan fingerprint density at radius 3 is 1.44 bits per heavy atom. The highest BCUT2D eigenvalue weighted by Crippen LogP contribution is 2.45. The molecular weight excluding hydrogens is 691 g/mol. The first-order valence-corrected chi connectivity index (χ1v) is 19.2. The van der Waals surface area contributed by atoms with Crippen molar-refractivity contribution in [2.75, 3.05) is 0 Å². The molecule has 0 N–H and O–H groups in total. The fraction of sp³-hybridized carbons (Fsp3) is 0. The van der Waals surface area contributed by atoms with Crippen LogP contribution in [0.2, 0.25) is 0 Å². The highest BCUT2D eigenvalue weighted by Gasteiger charge is 2.24. The SMILES string of the molecule is c1ccc(-c2nc(-c3ccccc3)c(-n3c4ccc(-c5ccccn5)cc4c4cc5c(cc43)c3cc(-c4ccccn4)ccc3n5-c3ccccc3)s2)cc1. The van der Waals surface area contributed by atoms with Gasteiger partial charge in [-0.2, -0.15) is 0 Å². The fourth-order valence-electron chi connectivity index (χ4n) is 7.94. The molecule has 0 bridgehead atoms. The number of benzene rings is 6. The lowest BCUT2D eigenvalue weighted by Gasteiger charge is -2.09. The Morgan fingerprint density at radius 1 is 0.382 bits per heavy atom. The number of aromatic nitrogens is 5. The molecule has 5 aromatic heterocycles. The van der Waals surface area contributed by atoms with Crippen molar-refractivity contribution in [1.82, 2.24) is 24.1 Å². The summed E-state index contributed by atoms with van der Waals surface area (Å²) in [6, 6.07) is 62.2. The maximum absolute atomic E-state index is 5.36. The lowest BCUT2D eigenvalue weighted by Crippen LogP contribution is -1.95. The summed E-state index contributed by atoms with van der Waals surface area (Å²) >= 11 is 1.73. The van der Waals surface area contributed by atoms with Gasteiger partial charge in [0.15, 0.2) is 0 Å². The fourth-order valence-corrected chi connectivity index (χ4v) is 9.07. The summed E-state index contributed by atoms with van der Waals surface area (Å²) in [6.07, 6.45) is 3.72. The normalized spacial score (nSPS) is 11.6. The van der Waals surface area contributed by atoms with E-state index < -0.39 is 0 Å². The molecule has 258 valence electrons. The van der Waals surface area contributed by atoms with Crippen LogP contribution in [0.4, 0.5) is 0 Å². The van der Waals surface area contributed by atoms with Crippen molar-refractivity contribution in [2.24, 2.45) is 0 Å². The lowest BCUT2D eigenvalue weighted by molar-refractivity contribution is 1.18. The van der Waals surface area contributed by atoms with Gasteiger partial charge in [0, 0.05) is 61.9 Å².